The summed E-state index contributed by atoms with van der Waals surface area (Å²) < 4.78 is 85.7. The number of hydrogen-bond acceptors (Lipinski definition) is 8. The zero-order valence-electron chi connectivity index (χ0n) is 18.1. The second-order valence-electron chi connectivity index (χ2n) is 9.57. The highest BCUT2D eigenvalue weighted by Crippen LogP contribution is 2.68. The fourth-order valence-corrected chi connectivity index (χ4v) is 7.42. The summed E-state index contributed by atoms with van der Waals surface area (Å²) in [6.07, 6.45) is 2.40. The summed E-state index contributed by atoms with van der Waals surface area (Å²) >= 11 is 0. The number of hydrogen-bond donors (Lipinski definition) is 1. The van der Waals surface area contributed by atoms with Gasteiger partial charge < -0.3 is 23.5 Å². The van der Waals surface area contributed by atoms with Crippen LogP contribution in [0.15, 0.2) is 24.8 Å². The van der Waals surface area contributed by atoms with Crippen molar-refractivity contribution < 1.29 is 45.1 Å². The summed E-state index contributed by atoms with van der Waals surface area (Å²) in [5.74, 6) is -1.84. The van der Waals surface area contributed by atoms with Crippen LogP contribution in [0.2, 0.25) is 0 Å². The van der Waals surface area contributed by atoms with Gasteiger partial charge in [-0.2, -0.15) is 21.6 Å². The van der Waals surface area contributed by atoms with Crippen LogP contribution in [0, 0.1) is 0 Å². The minimum Gasteiger partial charge on any atom is -0.479 e. The molecule has 3 fully saturated rings. The number of benzene rings is 1. The maximum atomic E-state index is 13.1. The van der Waals surface area contributed by atoms with Gasteiger partial charge in [-0.05, 0) is 37.4 Å². The van der Waals surface area contributed by atoms with Crippen LogP contribution < -0.4 is 8.92 Å². The molecule has 5 aliphatic rings. The van der Waals surface area contributed by atoms with Crippen molar-refractivity contribution >= 4 is 10.1 Å². The van der Waals surface area contributed by atoms with Crippen molar-refractivity contribution in [3.8, 4) is 11.5 Å². The van der Waals surface area contributed by atoms with E-state index >= 15 is 0 Å². The highest BCUT2D eigenvalue weighted by Gasteiger charge is 2.77. The predicted molar refractivity (Wildman–Crippen MR) is 111 cm³/mol. The number of likely N-dealkylation sites (tertiary alicyclic amines) is 1. The summed E-state index contributed by atoms with van der Waals surface area (Å²) in [6, 6.07) is 2.47. The highest BCUT2D eigenvalue weighted by atomic mass is 32.2. The van der Waals surface area contributed by atoms with Gasteiger partial charge in [-0.3, -0.25) is 4.90 Å². The summed E-state index contributed by atoms with van der Waals surface area (Å²) in [5.41, 5.74) is -6.67. The van der Waals surface area contributed by atoms with Crippen LogP contribution in [0.3, 0.4) is 0 Å². The van der Waals surface area contributed by atoms with E-state index < -0.39 is 44.3 Å². The third-order valence-electron chi connectivity index (χ3n) is 8.19. The van der Waals surface area contributed by atoms with E-state index in [1.54, 1.807) is 12.1 Å². The molecule has 6 rings (SSSR count). The van der Waals surface area contributed by atoms with E-state index in [1.165, 1.54) is 6.07 Å². The van der Waals surface area contributed by atoms with Crippen molar-refractivity contribution in [2.45, 2.75) is 60.1 Å². The van der Waals surface area contributed by atoms with Crippen molar-refractivity contribution in [2.75, 3.05) is 26.3 Å². The Kier molecular flexibility index (Phi) is 4.57. The molecule has 1 aromatic rings. The molecule has 1 N–H and O–H groups in total. The van der Waals surface area contributed by atoms with E-state index in [4.69, 9.17) is 14.2 Å². The lowest BCUT2D eigenvalue weighted by atomic mass is 9.48. The van der Waals surface area contributed by atoms with Gasteiger partial charge in [0.2, 0.25) is 5.79 Å². The summed E-state index contributed by atoms with van der Waals surface area (Å²) in [6.45, 7) is 5.61. The van der Waals surface area contributed by atoms with Crippen LogP contribution >= 0.6 is 0 Å². The molecule has 4 unspecified atom stereocenters. The number of aliphatic hydroxyl groups is 1. The number of rotatable bonds is 4. The molecule has 12 heteroatoms. The number of halogens is 3. The van der Waals surface area contributed by atoms with Crippen LogP contribution in [0.1, 0.15) is 30.4 Å². The molecule has 0 radical (unpaired) electrons. The molecule has 0 amide bonds. The SMILES string of the molecule is C=CCN1CCC23c4c5ccc(OS(=O)(=O)C(F)(F)F)c4OC2C2(CCC3(O)C1C5)OCCO2. The minimum absolute atomic E-state index is 0.0928. The highest BCUT2D eigenvalue weighted by molar-refractivity contribution is 7.88. The van der Waals surface area contributed by atoms with Gasteiger partial charge in [0.1, 0.15) is 0 Å². The van der Waals surface area contributed by atoms with Gasteiger partial charge in [0.25, 0.3) is 0 Å². The number of nitrogens with zero attached hydrogens (tertiary/aromatic N) is 1. The number of fused-ring (bicyclic) bond motifs is 1. The lowest BCUT2D eigenvalue weighted by Gasteiger charge is -2.65. The Morgan fingerprint density at radius 2 is 1.97 bits per heavy atom. The first-order valence-electron chi connectivity index (χ1n) is 11.2. The Labute approximate surface area is 194 Å². The van der Waals surface area contributed by atoms with Gasteiger partial charge in [-0.15, -0.1) is 6.58 Å². The molecule has 1 saturated carbocycles. The molecule has 2 saturated heterocycles. The molecule has 1 aromatic carbocycles. The molecule has 2 bridgehead atoms. The second-order valence-corrected chi connectivity index (χ2v) is 11.1. The smallest absolute Gasteiger partial charge is 0.479 e. The lowest BCUT2D eigenvalue weighted by molar-refractivity contribution is -0.296. The van der Waals surface area contributed by atoms with Crippen LogP contribution in [0.4, 0.5) is 13.2 Å². The Morgan fingerprint density at radius 1 is 1.24 bits per heavy atom. The molecular formula is C22H24F3NO7S. The summed E-state index contributed by atoms with van der Waals surface area (Å²) in [4.78, 5) is 2.16. The number of piperidine rings is 1. The van der Waals surface area contributed by atoms with Crippen LogP contribution in [-0.4, -0.2) is 73.8 Å². The normalized spacial score (nSPS) is 35.6. The first kappa shape index (κ1) is 22.6. The fraction of sp³-hybridized carbons (Fsp3) is 0.636. The third-order valence-corrected chi connectivity index (χ3v) is 9.15. The zero-order chi connectivity index (χ0) is 24.1. The lowest BCUT2D eigenvalue weighted by Crippen LogP contribution is -2.79. The quantitative estimate of drug-likeness (QED) is 0.379. The molecule has 0 aromatic heterocycles. The van der Waals surface area contributed by atoms with Gasteiger partial charge in [0, 0.05) is 24.6 Å². The Hall–Kier alpha value is -1.86. The molecule has 186 valence electrons. The average molecular weight is 503 g/mol. The van der Waals surface area contributed by atoms with E-state index in [9.17, 15) is 26.7 Å². The largest absolute Gasteiger partial charge is 0.534 e. The standard InChI is InChI=1S/C22H24F3NO7S/c1-2-8-26-9-7-19-16-13-3-4-14(33-34(28,29)22(23,24)25)17(16)32-18(19)21(30-10-11-31-21)6-5-20(19,27)15(26)12-13/h2-4,15,18,27H,1,5-12H2. The maximum Gasteiger partial charge on any atom is 0.534 e. The molecule has 3 aliphatic heterocycles. The van der Waals surface area contributed by atoms with Gasteiger partial charge in [0.05, 0.1) is 24.2 Å². The van der Waals surface area contributed by atoms with Gasteiger partial charge in [0.15, 0.2) is 17.6 Å². The maximum absolute atomic E-state index is 13.1. The van der Waals surface area contributed by atoms with Crippen LogP contribution in [0.25, 0.3) is 0 Å². The van der Waals surface area contributed by atoms with Crippen molar-refractivity contribution in [3.05, 3.63) is 35.9 Å². The molecule has 34 heavy (non-hydrogen) atoms. The number of ether oxygens (including phenoxy) is 3. The predicted octanol–water partition coefficient (Wildman–Crippen LogP) is 2.00. The zero-order valence-corrected chi connectivity index (χ0v) is 19.0. The van der Waals surface area contributed by atoms with Gasteiger partial charge in [-0.1, -0.05) is 12.1 Å². The van der Waals surface area contributed by atoms with Gasteiger partial charge in [-0.25, -0.2) is 0 Å². The molecule has 2 aliphatic carbocycles. The first-order valence-corrected chi connectivity index (χ1v) is 12.6. The molecule has 2 spiro atoms. The van der Waals surface area contributed by atoms with E-state index in [1.807, 2.05) is 0 Å². The third kappa shape index (κ3) is 2.60. The summed E-state index contributed by atoms with van der Waals surface area (Å²) in [5, 5.41) is 12.3. The second kappa shape index (κ2) is 6.88. The van der Waals surface area contributed by atoms with E-state index in [-0.39, 0.29) is 11.8 Å². The van der Waals surface area contributed by atoms with Crippen LogP contribution in [0.5, 0.6) is 11.5 Å². The van der Waals surface area contributed by atoms with E-state index in [0.717, 1.165) is 5.56 Å². The average Bonchev–Trinajstić information content (AvgIpc) is 3.36. The fourth-order valence-electron chi connectivity index (χ4n) is 6.96. The Balaban J connectivity index is 1.56. The minimum atomic E-state index is -5.92. The number of alkyl halides is 3. The molecular weight excluding hydrogens is 479 g/mol. The molecule has 4 atom stereocenters. The van der Waals surface area contributed by atoms with E-state index in [2.05, 4.69) is 15.7 Å². The van der Waals surface area contributed by atoms with Gasteiger partial charge >= 0.3 is 15.6 Å². The van der Waals surface area contributed by atoms with Crippen molar-refractivity contribution in [1.82, 2.24) is 4.90 Å². The van der Waals surface area contributed by atoms with Crippen molar-refractivity contribution in [1.29, 1.82) is 0 Å². The molecule has 8 nitrogen and oxygen atoms in total. The first-order chi connectivity index (χ1) is 16.0. The monoisotopic (exact) mass is 503 g/mol. The van der Waals surface area contributed by atoms with Crippen molar-refractivity contribution in [3.63, 3.8) is 0 Å². The topological polar surface area (TPSA) is 94.5 Å². The summed E-state index contributed by atoms with van der Waals surface area (Å²) in [7, 11) is -5.92. The Bertz CT molecular complexity index is 1170. The van der Waals surface area contributed by atoms with Crippen molar-refractivity contribution in [2.24, 2.45) is 0 Å². The Morgan fingerprint density at radius 3 is 2.65 bits per heavy atom. The molecule has 3 heterocycles. The van der Waals surface area contributed by atoms with E-state index in [0.29, 0.717) is 57.6 Å². The van der Waals surface area contributed by atoms with Crippen LogP contribution in [-0.2, 0) is 31.4 Å².